The van der Waals surface area contributed by atoms with E-state index in [9.17, 15) is 14.4 Å². The molecule has 0 radical (unpaired) electrons. The first-order chi connectivity index (χ1) is 17.9. The molecule has 0 saturated carbocycles. The molecule has 6 nitrogen and oxygen atoms in total. The summed E-state index contributed by atoms with van der Waals surface area (Å²) < 4.78 is 7.05. The Kier molecular flexibility index (Phi) is 6.48. The van der Waals surface area contributed by atoms with Crippen molar-refractivity contribution >= 4 is 68.1 Å². The summed E-state index contributed by atoms with van der Waals surface area (Å²) in [5.41, 5.74) is 2.22. The van der Waals surface area contributed by atoms with Crippen molar-refractivity contribution in [3.63, 3.8) is 0 Å². The SMILES string of the molecule is O=C1[C@H]2[C@H](c3cc(Br)ccc3OCc3ccc(Cl)cc3)c3sc(=O)[nH]c3S[C@H]2C(=O)N1c1ccccc1. The second-order valence-electron chi connectivity index (χ2n) is 8.69. The van der Waals surface area contributed by atoms with E-state index in [1.165, 1.54) is 16.7 Å². The van der Waals surface area contributed by atoms with Crippen LogP contribution < -0.4 is 14.5 Å². The first kappa shape index (κ1) is 24.5. The summed E-state index contributed by atoms with van der Waals surface area (Å²) >= 11 is 11.9. The van der Waals surface area contributed by atoms with Gasteiger partial charge in [-0.2, -0.15) is 0 Å². The molecule has 37 heavy (non-hydrogen) atoms. The Morgan fingerprint density at radius 1 is 0.973 bits per heavy atom. The van der Waals surface area contributed by atoms with Crippen molar-refractivity contribution in [2.75, 3.05) is 4.90 Å². The third kappa shape index (κ3) is 4.44. The van der Waals surface area contributed by atoms with Gasteiger partial charge >= 0.3 is 4.87 Å². The zero-order valence-corrected chi connectivity index (χ0v) is 23.0. The van der Waals surface area contributed by atoms with Crippen LogP contribution in [-0.4, -0.2) is 22.0 Å². The summed E-state index contributed by atoms with van der Waals surface area (Å²) in [4.78, 5) is 44.6. The van der Waals surface area contributed by atoms with E-state index in [-0.39, 0.29) is 16.7 Å². The number of carbonyl (C=O) groups is 2. The fourth-order valence-electron chi connectivity index (χ4n) is 4.82. The van der Waals surface area contributed by atoms with Crippen LogP contribution in [-0.2, 0) is 16.2 Å². The predicted octanol–water partition coefficient (Wildman–Crippen LogP) is 6.23. The minimum atomic E-state index is -0.691. The monoisotopic (exact) mass is 612 g/mol. The standard InChI is InChI=1S/C27H18BrClN2O4S2/c28-15-8-11-19(35-13-14-6-9-16(29)10-7-14)18(12-15)20-21-23(36-24-22(20)37-27(34)30-24)26(33)31(25(21)32)17-4-2-1-3-5-17/h1-12,20-21,23H,13H2,(H,30,34)/t20-,21-,23+/m0/s1. The van der Waals surface area contributed by atoms with Crippen molar-refractivity contribution in [2.45, 2.75) is 22.8 Å². The fourth-order valence-corrected chi connectivity index (χ4v) is 7.83. The molecule has 0 spiro atoms. The molecule has 0 aliphatic carbocycles. The van der Waals surface area contributed by atoms with Gasteiger partial charge in [-0.25, -0.2) is 4.90 Å². The first-order valence-electron chi connectivity index (χ1n) is 11.4. The molecular weight excluding hydrogens is 596 g/mol. The number of nitrogens with zero attached hydrogens (tertiary/aromatic N) is 1. The molecule has 1 saturated heterocycles. The Bertz CT molecular complexity index is 1570. The highest BCUT2D eigenvalue weighted by Gasteiger charge is 2.56. The van der Waals surface area contributed by atoms with Crippen LogP contribution >= 0.6 is 50.6 Å². The highest BCUT2D eigenvalue weighted by molar-refractivity contribution is 9.10. The molecule has 0 unspecified atom stereocenters. The minimum absolute atomic E-state index is 0.221. The number of ether oxygens (including phenoxy) is 1. The van der Waals surface area contributed by atoms with Gasteiger partial charge in [-0.15, -0.1) is 0 Å². The molecule has 4 aromatic rings. The molecule has 6 rings (SSSR count). The molecule has 3 aromatic carbocycles. The van der Waals surface area contributed by atoms with Crippen LogP contribution in [0.3, 0.4) is 0 Å². The van der Waals surface area contributed by atoms with Gasteiger partial charge in [-0.3, -0.25) is 14.4 Å². The van der Waals surface area contributed by atoms with Crippen LogP contribution in [0.4, 0.5) is 5.69 Å². The number of nitrogens with one attached hydrogen (secondary N) is 1. The first-order valence-corrected chi connectivity index (χ1v) is 14.3. The lowest BCUT2D eigenvalue weighted by Gasteiger charge is -2.31. The van der Waals surface area contributed by atoms with Crippen molar-refractivity contribution in [3.8, 4) is 5.75 Å². The van der Waals surface area contributed by atoms with E-state index in [1.54, 1.807) is 36.4 Å². The molecule has 0 bridgehead atoms. The van der Waals surface area contributed by atoms with Crippen molar-refractivity contribution in [2.24, 2.45) is 5.92 Å². The van der Waals surface area contributed by atoms with Crippen LogP contribution in [0.15, 0.2) is 87.1 Å². The Morgan fingerprint density at radius 3 is 2.49 bits per heavy atom. The predicted molar refractivity (Wildman–Crippen MR) is 149 cm³/mol. The highest BCUT2D eigenvalue weighted by Crippen LogP contribution is 2.54. The largest absolute Gasteiger partial charge is 0.489 e. The lowest BCUT2D eigenvalue weighted by atomic mass is 9.82. The molecular formula is C27H18BrClN2O4S2. The van der Waals surface area contributed by atoms with E-state index in [2.05, 4.69) is 20.9 Å². The summed E-state index contributed by atoms with van der Waals surface area (Å²) in [6.45, 7) is 0.292. The zero-order valence-electron chi connectivity index (χ0n) is 19.0. The second kappa shape index (κ2) is 9.79. The number of halogens is 2. The van der Waals surface area contributed by atoms with E-state index in [4.69, 9.17) is 16.3 Å². The third-order valence-corrected chi connectivity index (χ3v) is 9.60. The minimum Gasteiger partial charge on any atom is -0.489 e. The number of imide groups is 1. The summed E-state index contributed by atoms with van der Waals surface area (Å²) in [5.74, 6) is -1.21. The number of aromatic nitrogens is 1. The summed E-state index contributed by atoms with van der Waals surface area (Å²) in [7, 11) is 0. The summed E-state index contributed by atoms with van der Waals surface area (Å²) in [5, 5.41) is 0.598. The molecule has 2 amide bonds. The molecule has 1 N–H and O–H groups in total. The number of hydrogen-bond donors (Lipinski definition) is 1. The van der Waals surface area contributed by atoms with Crippen molar-refractivity contribution in [1.29, 1.82) is 0 Å². The molecule has 1 aromatic heterocycles. The van der Waals surface area contributed by atoms with E-state index in [1.807, 2.05) is 36.4 Å². The number of H-pyrrole nitrogens is 1. The Labute approximate surface area is 233 Å². The number of benzene rings is 3. The van der Waals surface area contributed by atoms with Crippen molar-refractivity contribution in [1.82, 2.24) is 4.98 Å². The van der Waals surface area contributed by atoms with Crippen LogP contribution in [0.5, 0.6) is 5.75 Å². The summed E-state index contributed by atoms with van der Waals surface area (Å²) in [6, 6.07) is 22.0. The number of amides is 2. The van der Waals surface area contributed by atoms with Gasteiger partial charge in [0.1, 0.15) is 17.6 Å². The van der Waals surface area contributed by atoms with Crippen molar-refractivity contribution < 1.29 is 14.3 Å². The molecule has 2 aliphatic heterocycles. The number of thioether (sulfide) groups is 1. The number of aromatic amines is 1. The summed E-state index contributed by atoms with van der Waals surface area (Å²) in [6.07, 6.45) is 0. The quantitative estimate of drug-likeness (QED) is 0.270. The lowest BCUT2D eigenvalue weighted by Crippen LogP contribution is -2.32. The number of thiazole rings is 1. The van der Waals surface area contributed by atoms with E-state index in [0.29, 0.717) is 28.1 Å². The van der Waals surface area contributed by atoms with Crippen LogP contribution in [0.1, 0.15) is 21.9 Å². The maximum Gasteiger partial charge on any atom is 0.305 e. The molecule has 3 atom stereocenters. The fraction of sp³-hybridized carbons (Fsp3) is 0.148. The van der Waals surface area contributed by atoms with E-state index < -0.39 is 17.1 Å². The van der Waals surface area contributed by atoms with Crippen molar-refractivity contribution in [3.05, 3.63) is 108 Å². The van der Waals surface area contributed by atoms with Crippen LogP contribution in [0.25, 0.3) is 0 Å². The Morgan fingerprint density at radius 2 is 1.73 bits per heavy atom. The molecule has 3 heterocycles. The average Bonchev–Trinajstić information content (AvgIpc) is 3.39. The smallest absolute Gasteiger partial charge is 0.305 e. The lowest BCUT2D eigenvalue weighted by molar-refractivity contribution is -0.122. The maximum atomic E-state index is 13.9. The number of rotatable bonds is 5. The number of hydrogen-bond acceptors (Lipinski definition) is 6. The third-order valence-electron chi connectivity index (χ3n) is 6.45. The van der Waals surface area contributed by atoms with Gasteiger partial charge in [0.25, 0.3) is 0 Å². The molecule has 10 heteroatoms. The van der Waals surface area contributed by atoms with E-state index >= 15 is 0 Å². The van der Waals surface area contributed by atoms with Gasteiger partial charge in [0.05, 0.1) is 16.6 Å². The number of carbonyl (C=O) groups excluding carboxylic acids is 2. The van der Waals surface area contributed by atoms with Gasteiger partial charge in [0.2, 0.25) is 11.8 Å². The van der Waals surface area contributed by atoms with Gasteiger partial charge in [-0.05, 0) is 48.0 Å². The second-order valence-corrected chi connectivity index (χ2v) is 12.2. The normalized spacial score (nSPS) is 20.6. The zero-order chi connectivity index (χ0) is 25.7. The Hall–Kier alpha value is -2.85. The number of fused-ring (bicyclic) bond motifs is 2. The molecule has 2 aliphatic rings. The van der Waals surface area contributed by atoms with Gasteiger partial charge in [0.15, 0.2) is 0 Å². The van der Waals surface area contributed by atoms with Gasteiger partial charge in [0, 0.05) is 25.9 Å². The Balaban J connectivity index is 1.44. The van der Waals surface area contributed by atoms with E-state index in [0.717, 1.165) is 31.8 Å². The van der Waals surface area contributed by atoms with Crippen LogP contribution in [0.2, 0.25) is 5.02 Å². The molecule has 1 fully saturated rings. The number of anilines is 1. The maximum absolute atomic E-state index is 13.9. The number of para-hydroxylation sites is 1. The van der Waals surface area contributed by atoms with Gasteiger partial charge in [-0.1, -0.05) is 81.0 Å². The van der Waals surface area contributed by atoms with Crippen LogP contribution in [0, 0.1) is 5.92 Å². The van der Waals surface area contributed by atoms with Gasteiger partial charge < -0.3 is 9.72 Å². The topological polar surface area (TPSA) is 79.5 Å². The highest BCUT2D eigenvalue weighted by atomic mass is 79.9. The molecule has 186 valence electrons. The average molecular weight is 614 g/mol.